The first-order chi connectivity index (χ1) is 22.5. The monoisotopic (exact) mass is 596 g/mol. The summed E-state index contributed by atoms with van der Waals surface area (Å²) in [4.78, 5) is 27.0. The third-order valence-corrected chi connectivity index (χ3v) is 8.21. The van der Waals surface area contributed by atoms with Crippen molar-refractivity contribution in [1.82, 2.24) is 0 Å². The minimum absolute atomic E-state index is 0.172. The molecule has 3 nitrogen and oxygen atoms in total. The van der Waals surface area contributed by atoms with Gasteiger partial charge < -0.3 is 4.74 Å². The van der Waals surface area contributed by atoms with Crippen LogP contribution >= 0.6 is 0 Å². The molecular weight excluding hydrogens is 564 g/mol. The topological polar surface area (TPSA) is 43.4 Å². The molecule has 0 bridgehead atoms. The predicted octanol–water partition coefficient (Wildman–Crippen LogP) is 10.7. The number of rotatable bonds is 9. The molecule has 6 aromatic carbocycles. The van der Waals surface area contributed by atoms with Gasteiger partial charge in [-0.25, -0.2) is 4.79 Å². The number of methoxy groups -OCH3 is 1. The van der Waals surface area contributed by atoms with Crippen LogP contribution in [0.1, 0.15) is 37.4 Å². The minimum atomic E-state index is -0.501. The molecule has 0 aliphatic carbocycles. The number of carbonyl (C=O) groups excluding carboxylic acids is 2. The summed E-state index contributed by atoms with van der Waals surface area (Å²) in [5, 5.41) is 0. The quantitative estimate of drug-likeness (QED) is 0.123. The Balaban J connectivity index is 1.30. The summed E-state index contributed by atoms with van der Waals surface area (Å²) in [5.41, 5.74) is 11.1. The van der Waals surface area contributed by atoms with E-state index < -0.39 is 5.97 Å². The first-order valence-corrected chi connectivity index (χ1v) is 15.0. The van der Waals surface area contributed by atoms with Crippen LogP contribution < -0.4 is 0 Å². The van der Waals surface area contributed by atoms with Gasteiger partial charge in [0.15, 0.2) is 5.78 Å². The molecule has 0 aromatic heterocycles. The Morgan fingerprint density at radius 2 is 0.913 bits per heavy atom. The van der Waals surface area contributed by atoms with Gasteiger partial charge in [0.2, 0.25) is 0 Å². The van der Waals surface area contributed by atoms with Gasteiger partial charge in [-0.15, -0.1) is 0 Å². The van der Waals surface area contributed by atoms with Crippen molar-refractivity contribution in [2.75, 3.05) is 7.11 Å². The van der Waals surface area contributed by atoms with Crippen LogP contribution in [0.3, 0.4) is 0 Å². The Labute approximate surface area is 269 Å². The van der Waals surface area contributed by atoms with Gasteiger partial charge in [-0.3, -0.25) is 4.79 Å². The zero-order valence-corrected chi connectivity index (χ0v) is 25.6. The molecule has 0 amide bonds. The molecule has 0 N–H and O–H groups in total. The number of benzene rings is 6. The Bertz CT molecular complexity index is 2050. The molecule has 0 aliphatic heterocycles. The first-order valence-electron chi connectivity index (χ1n) is 15.0. The summed E-state index contributed by atoms with van der Waals surface area (Å²) >= 11 is 0. The summed E-state index contributed by atoms with van der Waals surface area (Å²) in [6.45, 7) is 7.64. The minimum Gasteiger partial charge on any atom is -0.465 e. The fourth-order valence-electron chi connectivity index (χ4n) is 5.61. The fraction of sp³-hybridized carbons (Fsp3) is 0.0233. The average molecular weight is 597 g/mol. The summed E-state index contributed by atoms with van der Waals surface area (Å²) < 4.78 is 5.14. The van der Waals surface area contributed by atoms with Crippen molar-refractivity contribution in [3.8, 4) is 44.5 Å². The molecule has 46 heavy (non-hydrogen) atoms. The third kappa shape index (κ3) is 6.12. The van der Waals surface area contributed by atoms with Gasteiger partial charge in [0.25, 0.3) is 0 Å². The lowest BCUT2D eigenvalue weighted by atomic mass is 9.90. The SMILES string of the molecule is C=Cc1ccc(-c2ccc(-c3ccc(C(=O)c4ccccc4-c4ccc(-c5ccc(C=C)cc5)cc4)cc3C(=O)OC)cc2)cc1. The summed E-state index contributed by atoms with van der Waals surface area (Å²) in [6, 6.07) is 45.4. The van der Waals surface area contributed by atoms with Gasteiger partial charge >= 0.3 is 5.97 Å². The summed E-state index contributed by atoms with van der Waals surface area (Å²) in [5.74, 6) is -0.673. The van der Waals surface area contributed by atoms with Gasteiger partial charge in [-0.2, -0.15) is 0 Å². The lowest BCUT2D eigenvalue weighted by Crippen LogP contribution is -2.09. The lowest BCUT2D eigenvalue weighted by Gasteiger charge is -2.13. The smallest absolute Gasteiger partial charge is 0.338 e. The van der Waals surface area contributed by atoms with Crippen molar-refractivity contribution in [3.63, 3.8) is 0 Å². The molecular formula is C43H32O3. The van der Waals surface area contributed by atoms with Gasteiger partial charge in [-0.05, 0) is 61.7 Å². The lowest BCUT2D eigenvalue weighted by molar-refractivity contribution is 0.0601. The van der Waals surface area contributed by atoms with Crippen LogP contribution in [0.5, 0.6) is 0 Å². The van der Waals surface area contributed by atoms with E-state index >= 15 is 0 Å². The highest BCUT2D eigenvalue weighted by Gasteiger charge is 2.20. The number of carbonyl (C=O) groups is 2. The molecule has 0 unspecified atom stereocenters. The molecule has 6 aromatic rings. The Kier molecular flexibility index (Phi) is 8.66. The van der Waals surface area contributed by atoms with Crippen molar-refractivity contribution < 1.29 is 14.3 Å². The second-order valence-electron chi connectivity index (χ2n) is 10.9. The number of ketones is 1. The summed E-state index contributed by atoms with van der Waals surface area (Å²) in [6.07, 6.45) is 3.64. The molecule has 3 heteroatoms. The highest BCUT2D eigenvalue weighted by Crippen LogP contribution is 2.32. The zero-order chi connectivity index (χ0) is 32.0. The van der Waals surface area contributed by atoms with E-state index in [1.54, 1.807) is 12.1 Å². The van der Waals surface area contributed by atoms with Crippen LogP contribution in [0, 0.1) is 0 Å². The van der Waals surface area contributed by atoms with Crippen LogP contribution in [-0.4, -0.2) is 18.9 Å². The molecule has 0 aliphatic rings. The fourth-order valence-corrected chi connectivity index (χ4v) is 5.61. The van der Waals surface area contributed by atoms with Crippen LogP contribution in [0.4, 0.5) is 0 Å². The van der Waals surface area contributed by atoms with E-state index in [4.69, 9.17) is 4.74 Å². The van der Waals surface area contributed by atoms with Gasteiger partial charge in [0, 0.05) is 11.1 Å². The zero-order valence-electron chi connectivity index (χ0n) is 25.6. The summed E-state index contributed by atoms with van der Waals surface area (Å²) in [7, 11) is 1.35. The Morgan fingerprint density at radius 3 is 1.37 bits per heavy atom. The molecule has 0 heterocycles. The molecule has 6 rings (SSSR count). The van der Waals surface area contributed by atoms with E-state index in [0.29, 0.717) is 22.3 Å². The maximum atomic E-state index is 14.0. The number of hydrogen-bond acceptors (Lipinski definition) is 3. The maximum absolute atomic E-state index is 14.0. The Hall–Kier alpha value is -6.06. The van der Waals surface area contributed by atoms with E-state index in [2.05, 4.69) is 49.6 Å². The van der Waals surface area contributed by atoms with Crippen molar-refractivity contribution >= 4 is 23.9 Å². The van der Waals surface area contributed by atoms with E-state index in [0.717, 1.165) is 50.1 Å². The first kappa shape index (κ1) is 30.0. The van der Waals surface area contributed by atoms with Crippen LogP contribution in [0.2, 0.25) is 0 Å². The highest BCUT2D eigenvalue weighted by atomic mass is 16.5. The highest BCUT2D eigenvalue weighted by molar-refractivity contribution is 6.14. The molecule has 222 valence electrons. The van der Waals surface area contributed by atoms with Crippen LogP contribution in [0.15, 0.2) is 153 Å². The standard InChI is InChI=1S/C43H32O3/c1-4-29-10-14-31(15-11-29)33-18-22-35(23-19-33)38-8-6-7-9-40(38)42(44)37-26-27-39(41(28-37)43(45)46-3)36-24-20-34(21-25-36)32-16-12-30(5-2)13-17-32/h4-28H,1-2H2,3H3. The molecule has 0 spiro atoms. The van der Waals surface area contributed by atoms with Crippen molar-refractivity contribution in [3.05, 3.63) is 181 Å². The van der Waals surface area contributed by atoms with Crippen LogP contribution in [-0.2, 0) is 4.74 Å². The third-order valence-electron chi connectivity index (χ3n) is 8.21. The second-order valence-corrected chi connectivity index (χ2v) is 10.9. The van der Waals surface area contributed by atoms with Gasteiger partial charge in [0.05, 0.1) is 12.7 Å². The van der Waals surface area contributed by atoms with Crippen LogP contribution in [0.25, 0.3) is 56.7 Å². The molecule has 0 atom stereocenters. The predicted molar refractivity (Wildman–Crippen MR) is 190 cm³/mol. The van der Waals surface area contributed by atoms with Crippen molar-refractivity contribution in [2.45, 2.75) is 0 Å². The van der Waals surface area contributed by atoms with E-state index in [1.165, 1.54) is 7.11 Å². The second kappa shape index (κ2) is 13.3. The average Bonchev–Trinajstić information content (AvgIpc) is 3.14. The maximum Gasteiger partial charge on any atom is 0.338 e. The number of esters is 1. The van der Waals surface area contributed by atoms with Gasteiger partial charge in [0.1, 0.15) is 0 Å². The van der Waals surface area contributed by atoms with Crippen molar-refractivity contribution in [1.29, 1.82) is 0 Å². The molecule has 0 fully saturated rings. The number of hydrogen-bond donors (Lipinski definition) is 0. The van der Waals surface area contributed by atoms with Crippen molar-refractivity contribution in [2.24, 2.45) is 0 Å². The normalized spacial score (nSPS) is 10.6. The number of ether oxygens (including phenoxy) is 1. The van der Waals surface area contributed by atoms with E-state index in [9.17, 15) is 9.59 Å². The van der Waals surface area contributed by atoms with E-state index in [-0.39, 0.29) is 5.78 Å². The molecule has 0 saturated carbocycles. The Morgan fingerprint density at radius 1 is 0.500 bits per heavy atom. The largest absolute Gasteiger partial charge is 0.465 e. The van der Waals surface area contributed by atoms with E-state index in [1.807, 2.05) is 103 Å². The van der Waals surface area contributed by atoms with Gasteiger partial charge in [-0.1, -0.05) is 159 Å². The molecule has 0 saturated heterocycles. The molecule has 0 radical (unpaired) electrons.